The van der Waals surface area contributed by atoms with E-state index in [-0.39, 0.29) is 21.1 Å². The normalized spacial score (nSPS) is 8.73. The Balaban J connectivity index is -0.000000107. The number of halogens is 4. The van der Waals surface area contributed by atoms with Gasteiger partial charge >= 0.3 is 119 Å². The molecule has 10 heteroatoms. The van der Waals surface area contributed by atoms with Gasteiger partial charge in [0.2, 0.25) is 0 Å². The molecule has 132 valence electrons. The van der Waals surface area contributed by atoms with Crippen molar-refractivity contribution in [3.63, 3.8) is 0 Å². The van der Waals surface area contributed by atoms with Gasteiger partial charge in [-0.05, 0) is 13.8 Å². The van der Waals surface area contributed by atoms with Gasteiger partial charge in [-0.2, -0.15) is 0 Å². The number of unbranched alkanes of at least 4 members (excludes halogenated alkanes) is 2. The van der Waals surface area contributed by atoms with Gasteiger partial charge in [0.1, 0.15) is 0 Å². The Kier molecular flexibility index (Phi) is 35.7. The van der Waals surface area contributed by atoms with E-state index in [1.54, 1.807) is 8.87 Å². The van der Waals surface area contributed by atoms with Gasteiger partial charge in [0.25, 0.3) is 0 Å². The van der Waals surface area contributed by atoms with Gasteiger partial charge in [0, 0.05) is 11.9 Å². The van der Waals surface area contributed by atoms with Crippen molar-refractivity contribution >= 4 is 82.6 Å². The van der Waals surface area contributed by atoms with E-state index < -0.39 is 25.8 Å². The number of rotatable bonds is 6. The third-order valence-electron chi connectivity index (χ3n) is 1.41. The zero-order valence-electron chi connectivity index (χ0n) is 13.4. The van der Waals surface area contributed by atoms with Crippen LogP contribution < -0.4 is 10.2 Å². The van der Waals surface area contributed by atoms with Crippen LogP contribution in [0.4, 0.5) is 0 Å². The molecule has 0 aromatic heterocycles. The number of hydrogen-bond acceptors (Lipinski definition) is 4. The second-order valence-corrected chi connectivity index (χ2v) is 33.6. The Hall–Kier alpha value is 1.70. The average molecular weight is 612 g/mol. The number of carbonyl (C=O) groups is 2. The summed E-state index contributed by atoms with van der Waals surface area (Å²) in [6.45, 7) is 6.53. The SMILES string of the molecule is CC(=O)[O-].CC(=O)[O-].CCC[CH2][Sn+2][CH2]CCC.[Cl][Sn]([Cl])([Cl])[Cl]. The monoisotopic (exact) mass is 612 g/mol. The molecule has 0 saturated heterocycles. The Morgan fingerprint density at radius 1 is 0.864 bits per heavy atom. The van der Waals surface area contributed by atoms with E-state index in [4.69, 9.17) is 55.5 Å². The quantitative estimate of drug-likeness (QED) is 0.342. The molecule has 0 aromatic carbocycles. The van der Waals surface area contributed by atoms with Gasteiger partial charge in [-0.3, -0.25) is 0 Å². The fraction of sp³-hybridized carbons (Fsp3) is 0.833. The van der Waals surface area contributed by atoms with Gasteiger partial charge in [-0.15, -0.1) is 0 Å². The Bertz CT molecular complexity index is 220. The summed E-state index contributed by atoms with van der Waals surface area (Å²) in [6, 6.07) is 0. The molecule has 0 aromatic rings. The molecule has 0 amide bonds. The molecule has 22 heavy (non-hydrogen) atoms. The van der Waals surface area contributed by atoms with E-state index >= 15 is 0 Å². The first-order chi connectivity index (χ1) is 9.88. The molecule has 0 saturated carbocycles. The zero-order chi connectivity index (χ0) is 18.6. The molecule has 0 rings (SSSR count). The van der Waals surface area contributed by atoms with Crippen LogP contribution in [0.2, 0.25) is 8.87 Å². The van der Waals surface area contributed by atoms with Crippen LogP contribution in [0.25, 0.3) is 0 Å². The number of hydrogen-bond donors (Lipinski definition) is 0. The molecule has 0 N–H and O–H groups in total. The maximum absolute atomic E-state index is 8.89. The van der Waals surface area contributed by atoms with Crippen LogP contribution in [0.5, 0.6) is 0 Å². The van der Waals surface area contributed by atoms with E-state index in [1.807, 2.05) is 0 Å². The maximum atomic E-state index is 8.89. The number of aliphatic carboxylic acids is 2. The van der Waals surface area contributed by atoms with Crippen molar-refractivity contribution in [3.05, 3.63) is 0 Å². The van der Waals surface area contributed by atoms with Crippen LogP contribution in [0.1, 0.15) is 53.4 Å². The second kappa shape index (κ2) is 24.9. The molecular weight excluding hydrogens is 587 g/mol. The Morgan fingerprint density at radius 3 is 1.18 bits per heavy atom. The molecule has 0 atom stereocenters. The number of carboxylic acid groups (broad SMARTS) is 2. The van der Waals surface area contributed by atoms with Crippen LogP contribution in [0.3, 0.4) is 0 Å². The van der Waals surface area contributed by atoms with Crippen LogP contribution >= 0.6 is 35.7 Å². The molecule has 0 aliphatic heterocycles. The third-order valence-corrected chi connectivity index (χ3v) is 5.45. The van der Waals surface area contributed by atoms with Crippen molar-refractivity contribution in [2.75, 3.05) is 0 Å². The number of carbonyl (C=O) groups excluding carboxylic acids is 2. The third kappa shape index (κ3) is 157. The predicted octanol–water partition coefficient (Wildman–Crippen LogP) is 3.02. The van der Waals surface area contributed by atoms with Crippen molar-refractivity contribution in [1.82, 2.24) is 0 Å². The van der Waals surface area contributed by atoms with E-state index in [2.05, 4.69) is 13.8 Å². The summed E-state index contributed by atoms with van der Waals surface area (Å²) in [5.74, 6) is -2.17. The van der Waals surface area contributed by atoms with Crippen molar-refractivity contribution in [1.29, 1.82) is 0 Å². The Morgan fingerprint density at radius 2 is 1.05 bits per heavy atom. The summed E-state index contributed by atoms with van der Waals surface area (Å²) < 4.78 is 3.25. The molecule has 0 heterocycles. The van der Waals surface area contributed by atoms with Crippen molar-refractivity contribution in [2.45, 2.75) is 62.3 Å². The minimum absolute atomic E-state index is 0.149. The van der Waals surface area contributed by atoms with Crippen molar-refractivity contribution in [2.24, 2.45) is 0 Å². The summed E-state index contributed by atoms with van der Waals surface area (Å²) in [7, 11) is 20.1. The summed E-state index contributed by atoms with van der Waals surface area (Å²) >= 11 is -3.14. The molecule has 0 radical (unpaired) electrons. The van der Waals surface area contributed by atoms with Gasteiger partial charge in [-0.1, -0.05) is 0 Å². The van der Waals surface area contributed by atoms with Crippen LogP contribution in [-0.2, 0) is 9.59 Å². The summed E-state index contributed by atoms with van der Waals surface area (Å²) in [5, 5.41) is 17.8. The van der Waals surface area contributed by atoms with Gasteiger partial charge in [-0.25, -0.2) is 0 Å². The average Bonchev–Trinajstić information content (AvgIpc) is 2.25. The molecule has 4 nitrogen and oxygen atoms in total. The van der Waals surface area contributed by atoms with Crippen LogP contribution in [0, 0.1) is 0 Å². The summed E-state index contributed by atoms with van der Waals surface area (Å²) in [4.78, 5) is 17.8. The molecular formula is C12H24Cl4O4Sn2. The van der Waals surface area contributed by atoms with E-state index in [0.717, 1.165) is 13.8 Å². The topological polar surface area (TPSA) is 80.3 Å². The fourth-order valence-electron chi connectivity index (χ4n) is 0.729. The molecule has 0 aliphatic rings. The van der Waals surface area contributed by atoms with Crippen molar-refractivity contribution in [3.8, 4) is 0 Å². The van der Waals surface area contributed by atoms with E-state index in [9.17, 15) is 0 Å². The van der Waals surface area contributed by atoms with Gasteiger partial charge in [0.15, 0.2) is 0 Å². The summed E-state index contributed by atoms with van der Waals surface area (Å²) in [6.07, 6.45) is 5.84. The predicted molar refractivity (Wildman–Crippen MR) is 95.7 cm³/mol. The summed E-state index contributed by atoms with van der Waals surface area (Å²) in [5.41, 5.74) is 0. The van der Waals surface area contributed by atoms with Gasteiger partial charge in [0.05, 0.1) is 0 Å². The first-order valence-corrected chi connectivity index (χ1v) is 25.2. The van der Waals surface area contributed by atoms with Crippen LogP contribution in [-0.4, -0.2) is 47.0 Å². The second-order valence-electron chi connectivity index (χ2n) is 3.87. The van der Waals surface area contributed by atoms with Gasteiger partial charge < -0.3 is 19.8 Å². The van der Waals surface area contributed by atoms with E-state index in [0.29, 0.717) is 0 Å². The molecule has 0 unspecified atom stereocenters. The molecule has 0 spiro atoms. The molecule has 0 bridgehead atoms. The molecule has 0 fully saturated rings. The zero-order valence-corrected chi connectivity index (χ0v) is 22.1. The number of carboxylic acids is 2. The first kappa shape index (κ1) is 31.5. The van der Waals surface area contributed by atoms with E-state index in [1.165, 1.54) is 25.7 Å². The standard InChI is InChI=1S/2C4H9.2C2H4O2.4ClH.2Sn/c2*1-3-4-2;2*1-2(3)4;;;;;;/h2*1,3-4H2,2H3;2*1H3,(H,3,4);4*1H;;/q;;;;;;;;+2;+4/p-6. The first-order valence-electron chi connectivity index (χ1n) is 6.69. The Labute approximate surface area is 163 Å². The minimum atomic E-state index is -3.29. The fourth-order valence-corrected chi connectivity index (χ4v) is 4.89. The van der Waals surface area contributed by atoms with Crippen LogP contribution in [0.15, 0.2) is 0 Å². The van der Waals surface area contributed by atoms with Crippen molar-refractivity contribution < 1.29 is 19.8 Å². The molecule has 0 aliphatic carbocycles.